The molecule has 2 atom stereocenters. The standard InChI is InChI=1S/C22H26BrNO4/c1-3-28-20-13-15(10-11-19(20)27-2)21(17-8-4-5-9-18(17)23)24-12-6-7-16(14-24)22(25)26/h4-5,8-11,13,16,21H,3,6-7,12,14H2,1-2H3,(H,25,26). The van der Waals surface area contributed by atoms with E-state index < -0.39 is 5.97 Å². The molecule has 0 aromatic heterocycles. The maximum absolute atomic E-state index is 11.6. The molecule has 0 amide bonds. The van der Waals surface area contributed by atoms with E-state index in [2.05, 4.69) is 26.9 Å². The number of carbonyl (C=O) groups is 1. The zero-order chi connectivity index (χ0) is 20.1. The monoisotopic (exact) mass is 447 g/mol. The SMILES string of the molecule is CCOc1cc(C(c2ccccc2Br)N2CCCC(C(=O)O)C2)ccc1OC. The molecule has 1 saturated heterocycles. The van der Waals surface area contributed by atoms with Gasteiger partial charge in [-0.3, -0.25) is 9.69 Å². The fraction of sp³-hybridized carbons (Fsp3) is 0.409. The van der Waals surface area contributed by atoms with E-state index in [4.69, 9.17) is 9.47 Å². The van der Waals surface area contributed by atoms with Gasteiger partial charge < -0.3 is 14.6 Å². The lowest BCUT2D eigenvalue weighted by atomic mass is 9.91. The van der Waals surface area contributed by atoms with Crippen molar-refractivity contribution in [3.63, 3.8) is 0 Å². The molecular formula is C22H26BrNO4. The quantitative estimate of drug-likeness (QED) is 0.663. The number of carboxylic acid groups (broad SMARTS) is 1. The largest absolute Gasteiger partial charge is 0.493 e. The molecule has 0 spiro atoms. The van der Waals surface area contributed by atoms with Crippen molar-refractivity contribution in [2.75, 3.05) is 26.8 Å². The summed E-state index contributed by atoms with van der Waals surface area (Å²) in [5.41, 5.74) is 2.17. The Morgan fingerprint density at radius 1 is 1.29 bits per heavy atom. The number of piperidine rings is 1. The van der Waals surface area contributed by atoms with Gasteiger partial charge in [-0.25, -0.2) is 0 Å². The number of hydrogen-bond donors (Lipinski definition) is 1. The lowest BCUT2D eigenvalue weighted by Gasteiger charge is -2.38. The summed E-state index contributed by atoms with van der Waals surface area (Å²) in [6, 6.07) is 14.0. The Hall–Kier alpha value is -2.05. The zero-order valence-corrected chi connectivity index (χ0v) is 17.8. The summed E-state index contributed by atoms with van der Waals surface area (Å²) < 4.78 is 12.2. The summed E-state index contributed by atoms with van der Waals surface area (Å²) in [5.74, 6) is 0.327. The fourth-order valence-electron chi connectivity index (χ4n) is 3.86. The highest BCUT2D eigenvalue weighted by molar-refractivity contribution is 9.10. The van der Waals surface area contributed by atoms with E-state index in [0.717, 1.165) is 35.0 Å². The first-order valence-electron chi connectivity index (χ1n) is 9.57. The van der Waals surface area contributed by atoms with Crippen LogP contribution in [-0.4, -0.2) is 42.8 Å². The maximum atomic E-state index is 11.6. The molecule has 1 fully saturated rings. The average Bonchev–Trinajstić information content (AvgIpc) is 2.70. The summed E-state index contributed by atoms with van der Waals surface area (Å²) in [4.78, 5) is 13.9. The number of methoxy groups -OCH3 is 1. The Morgan fingerprint density at radius 2 is 2.07 bits per heavy atom. The van der Waals surface area contributed by atoms with Gasteiger partial charge in [-0.05, 0) is 55.6 Å². The highest BCUT2D eigenvalue weighted by Crippen LogP contribution is 2.39. The van der Waals surface area contributed by atoms with Crippen LogP contribution in [0, 0.1) is 5.92 Å². The van der Waals surface area contributed by atoms with Gasteiger partial charge in [0.05, 0.1) is 25.7 Å². The molecular weight excluding hydrogens is 422 g/mol. The van der Waals surface area contributed by atoms with Crippen LogP contribution in [0.4, 0.5) is 0 Å². The van der Waals surface area contributed by atoms with E-state index in [0.29, 0.717) is 24.7 Å². The van der Waals surface area contributed by atoms with E-state index in [1.807, 2.05) is 43.3 Å². The summed E-state index contributed by atoms with van der Waals surface area (Å²) >= 11 is 3.68. The van der Waals surface area contributed by atoms with E-state index in [1.165, 1.54) is 0 Å². The molecule has 2 aromatic rings. The van der Waals surface area contributed by atoms with Gasteiger partial charge in [0, 0.05) is 11.0 Å². The van der Waals surface area contributed by atoms with Gasteiger partial charge in [0.2, 0.25) is 0 Å². The average molecular weight is 448 g/mol. The van der Waals surface area contributed by atoms with E-state index in [-0.39, 0.29) is 12.0 Å². The first kappa shape index (κ1) is 20.7. The Bertz CT molecular complexity index is 826. The topological polar surface area (TPSA) is 59.0 Å². The van der Waals surface area contributed by atoms with Crippen LogP contribution < -0.4 is 9.47 Å². The van der Waals surface area contributed by atoms with Gasteiger partial charge in [0.1, 0.15) is 0 Å². The molecule has 1 aliphatic rings. The summed E-state index contributed by atoms with van der Waals surface area (Å²) in [6.07, 6.45) is 1.59. The van der Waals surface area contributed by atoms with Crippen molar-refractivity contribution in [2.45, 2.75) is 25.8 Å². The molecule has 2 aromatic carbocycles. The zero-order valence-electron chi connectivity index (χ0n) is 16.2. The van der Waals surface area contributed by atoms with Crippen LogP contribution in [0.3, 0.4) is 0 Å². The van der Waals surface area contributed by atoms with Gasteiger partial charge in [-0.15, -0.1) is 0 Å². The first-order valence-corrected chi connectivity index (χ1v) is 10.4. The molecule has 1 heterocycles. The predicted molar refractivity (Wildman–Crippen MR) is 112 cm³/mol. The summed E-state index contributed by atoms with van der Waals surface area (Å²) in [5, 5.41) is 9.54. The Morgan fingerprint density at radius 3 is 2.75 bits per heavy atom. The molecule has 6 heteroatoms. The summed E-state index contributed by atoms with van der Waals surface area (Å²) in [6.45, 7) is 3.87. The Labute approximate surface area is 174 Å². The fourth-order valence-corrected chi connectivity index (χ4v) is 4.36. The van der Waals surface area contributed by atoms with Crippen molar-refractivity contribution in [1.29, 1.82) is 0 Å². The molecule has 0 aliphatic carbocycles. The number of ether oxygens (including phenoxy) is 2. The van der Waals surface area contributed by atoms with Crippen LogP contribution >= 0.6 is 15.9 Å². The van der Waals surface area contributed by atoms with E-state index in [1.54, 1.807) is 7.11 Å². The first-order chi connectivity index (χ1) is 13.5. The molecule has 3 rings (SSSR count). The van der Waals surface area contributed by atoms with E-state index in [9.17, 15) is 9.90 Å². The number of nitrogens with zero attached hydrogens (tertiary/aromatic N) is 1. The second-order valence-electron chi connectivity index (χ2n) is 6.94. The molecule has 0 bridgehead atoms. The minimum absolute atomic E-state index is 0.0668. The molecule has 5 nitrogen and oxygen atoms in total. The van der Waals surface area contributed by atoms with Crippen molar-refractivity contribution in [3.8, 4) is 11.5 Å². The minimum Gasteiger partial charge on any atom is -0.493 e. The Balaban J connectivity index is 2.05. The Kier molecular flexibility index (Phi) is 6.97. The van der Waals surface area contributed by atoms with Gasteiger partial charge in [-0.2, -0.15) is 0 Å². The number of aliphatic carboxylic acids is 1. The van der Waals surface area contributed by atoms with Crippen molar-refractivity contribution < 1.29 is 19.4 Å². The van der Waals surface area contributed by atoms with Crippen LogP contribution in [0.2, 0.25) is 0 Å². The lowest BCUT2D eigenvalue weighted by molar-refractivity contribution is -0.143. The second kappa shape index (κ2) is 9.43. The van der Waals surface area contributed by atoms with E-state index >= 15 is 0 Å². The molecule has 28 heavy (non-hydrogen) atoms. The van der Waals surface area contributed by atoms with Crippen molar-refractivity contribution in [1.82, 2.24) is 4.90 Å². The van der Waals surface area contributed by atoms with Crippen LogP contribution in [0.15, 0.2) is 46.9 Å². The molecule has 0 radical (unpaired) electrons. The molecule has 150 valence electrons. The third kappa shape index (κ3) is 4.50. The van der Waals surface area contributed by atoms with Crippen molar-refractivity contribution in [2.24, 2.45) is 5.92 Å². The second-order valence-corrected chi connectivity index (χ2v) is 7.79. The van der Waals surface area contributed by atoms with Gasteiger partial charge in [-0.1, -0.05) is 40.2 Å². The molecule has 0 saturated carbocycles. The molecule has 1 aliphatic heterocycles. The normalized spacial score (nSPS) is 18.5. The van der Waals surface area contributed by atoms with Crippen LogP contribution in [-0.2, 0) is 4.79 Å². The number of likely N-dealkylation sites (tertiary alicyclic amines) is 1. The highest BCUT2D eigenvalue weighted by Gasteiger charge is 2.32. The third-order valence-corrected chi connectivity index (χ3v) is 5.89. The third-order valence-electron chi connectivity index (χ3n) is 5.17. The number of halogens is 1. The number of carboxylic acids is 1. The number of benzene rings is 2. The lowest BCUT2D eigenvalue weighted by Crippen LogP contribution is -2.41. The van der Waals surface area contributed by atoms with Gasteiger partial charge >= 0.3 is 5.97 Å². The summed E-state index contributed by atoms with van der Waals surface area (Å²) in [7, 11) is 1.63. The minimum atomic E-state index is -0.722. The maximum Gasteiger partial charge on any atom is 0.307 e. The predicted octanol–water partition coefficient (Wildman–Crippen LogP) is 4.74. The highest BCUT2D eigenvalue weighted by atomic mass is 79.9. The van der Waals surface area contributed by atoms with Crippen molar-refractivity contribution >= 4 is 21.9 Å². The van der Waals surface area contributed by atoms with Gasteiger partial charge in [0.15, 0.2) is 11.5 Å². The van der Waals surface area contributed by atoms with Gasteiger partial charge in [0.25, 0.3) is 0 Å². The molecule has 2 unspecified atom stereocenters. The number of rotatable bonds is 7. The number of hydrogen-bond acceptors (Lipinski definition) is 4. The smallest absolute Gasteiger partial charge is 0.307 e. The van der Waals surface area contributed by atoms with Crippen LogP contribution in [0.5, 0.6) is 11.5 Å². The van der Waals surface area contributed by atoms with Crippen LogP contribution in [0.25, 0.3) is 0 Å². The molecule has 1 N–H and O–H groups in total. The van der Waals surface area contributed by atoms with Crippen molar-refractivity contribution in [3.05, 3.63) is 58.1 Å². The van der Waals surface area contributed by atoms with Crippen LogP contribution in [0.1, 0.15) is 36.9 Å².